The summed E-state index contributed by atoms with van der Waals surface area (Å²) in [5, 5.41) is 3.38. The number of benzene rings is 1. The zero-order valence-electron chi connectivity index (χ0n) is 10.5. The molecule has 2 rings (SSSR count). The lowest BCUT2D eigenvalue weighted by atomic mass is 10.2. The molecule has 2 aromatic rings. The minimum absolute atomic E-state index is 0.0552. The molecule has 0 aliphatic heterocycles. The van der Waals surface area contributed by atoms with Crippen LogP contribution in [0.5, 0.6) is 0 Å². The number of nitrogens with one attached hydrogen (secondary N) is 1. The van der Waals surface area contributed by atoms with Crippen LogP contribution in [0.3, 0.4) is 0 Å². The highest BCUT2D eigenvalue weighted by atomic mass is 79.9. The van der Waals surface area contributed by atoms with Crippen molar-refractivity contribution in [1.29, 1.82) is 0 Å². The van der Waals surface area contributed by atoms with E-state index in [0.717, 1.165) is 16.9 Å². The number of anilines is 2. The second-order valence-corrected chi connectivity index (χ2v) is 6.05. The molecule has 0 amide bonds. The molecule has 8 heteroatoms. The molecular weight excluding hydrogens is 371 g/mol. The molecule has 0 unspecified atom stereocenters. The normalized spacial score (nSPS) is 10.4. The zero-order valence-corrected chi connectivity index (χ0v) is 13.6. The summed E-state index contributed by atoms with van der Waals surface area (Å²) in [6.45, 7) is 1.82. The van der Waals surface area contributed by atoms with Gasteiger partial charge < -0.3 is 10.1 Å². The van der Waals surface area contributed by atoms with Crippen molar-refractivity contribution >= 4 is 55.7 Å². The second-order valence-electron chi connectivity index (χ2n) is 3.84. The number of aromatic nitrogens is 1. The van der Waals surface area contributed by atoms with E-state index in [1.807, 2.05) is 6.92 Å². The smallest absolute Gasteiger partial charge is 0.351 e. The minimum atomic E-state index is -0.556. The van der Waals surface area contributed by atoms with Crippen LogP contribution >= 0.6 is 38.9 Å². The largest absolute Gasteiger partial charge is 0.465 e. The van der Waals surface area contributed by atoms with Crippen molar-refractivity contribution in [3.63, 3.8) is 0 Å². The first-order valence-electron chi connectivity index (χ1n) is 5.39. The average molecular weight is 380 g/mol. The Morgan fingerprint density at radius 2 is 2.25 bits per heavy atom. The molecule has 1 N–H and O–H groups in total. The number of aryl methyl sites for hydroxylation is 1. The molecule has 20 heavy (non-hydrogen) atoms. The van der Waals surface area contributed by atoms with Gasteiger partial charge in [-0.25, -0.2) is 14.2 Å². The van der Waals surface area contributed by atoms with Gasteiger partial charge in [-0.05, 0) is 40.5 Å². The van der Waals surface area contributed by atoms with Crippen molar-refractivity contribution in [2.24, 2.45) is 0 Å². The predicted octanol–water partition coefficient (Wildman–Crippen LogP) is 4.54. The molecule has 0 fully saturated rings. The highest BCUT2D eigenvalue weighted by molar-refractivity contribution is 9.10. The maximum atomic E-state index is 13.5. The Morgan fingerprint density at radius 3 is 2.90 bits per heavy atom. The van der Waals surface area contributed by atoms with Crippen molar-refractivity contribution in [2.45, 2.75) is 6.92 Å². The van der Waals surface area contributed by atoms with Crippen LogP contribution in [0.1, 0.15) is 15.2 Å². The van der Waals surface area contributed by atoms with Gasteiger partial charge in [0.1, 0.15) is 5.82 Å². The van der Waals surface area contributed by atoms with E-state index in [1.165, 1.54) is 13.2 Å². The summed E-state index contributed by atoms with van der Waals surface area (Å²) in [4.78, 5) is 15.6. The van der Waals surface area contributed by atoms with Crippen LogP contribution in [-0.4, -0.2) is 18.1 Å². The van der Waals surface area contributed by atoms with Crippen molar-refractivity contribution in [3.05, 3.63) is 38.0 Å². The number of rotatable bonds is 3. The average Bonchev–Trinajstić information content (AvgIpc) is 2.76. The highest BCUT2D eigenvalue weighted by Crippen LogP contribution is 2.32. The lowest BCUT2D eigenvalue weighted by Crippen LogP contribution is -1.98. The van der Waals surface area contributed by atoms with Gasteiger partial charge in [0.2, 0.25) is 0 Å². The summed E-state index contributed by atoms with van der Waals surface area (Å²) in [6, 6.07) is 2.99. The molecule has 106 valence electrons. The first-order chi connectivity index (χ1) is 9.42. The van der Waals surface area contributed by atoms with Crippen molar-refractivity contribution < 1.29 is 13.9 Å². The van der Waals surface area contributed by atoms with Gasteiger partial charge >= 0.3 is 5.97 Å². The van der Waals surface area contributed by atoms with Crippen LogP contribution in [0, 0.1) is 12.7 Å². The van der Waals surface area contributed by atoms with Gasteiger partial charge in [0.15, 0.2) is 15.2 Å². The molecule has 1 heterocycles. The molecule has 0 saturated heterocycles. The van der Waals surface area contributed by atoms with Crippen LogP contribution in [-0.2, 0) is 4.74 Å². The number of halogens is 3. The Labute approximate surface area is 132 Å². The van der Waals surface area contributed by atoms with Crippen LogP contribution in [0.15, 0.2) is 16.6 Å². The lowest BCUT2D eigenvalue weighted by molar-refractivity contribution is 0.0606. The van der Waals surface area contributed by atoms with E-state index in [9.17, 15) is 9.18 Å². The summed E-state index contributed by atoms with van der Waals surface area (Å²) in [5.74, 6) is -0.951. The van der Waals surface area contributed by atoms with Crippen LogP contribution in [0.4, 0.5) is 15.2 Å². The molecule has 0 spiro atoms. The lowest BCUT2D eigenvalue weighted by Gasteiger charge is -2.07. The van der Waals surface area contributed by atoms with Crippen molar-refractivity contribution in [1.82, 2.24) is 4.98 Å². The molecule has 0 atom stereocenters. The number of carbonyl (C=O) groups excluding carboxylic acids is 1. The van der Waals surface area contributed by atoms with E-state index < -0.39 is 11.8 Å². The number of esters is 1. The van der Waals surface area contributed by atoms with E-state index >= 15 is 0 Å². The SMILES string of the molecule is COC(=O)c1sc(Nc2cc(F)c(Br)cc2C)nc1Cl. The number of hydrogen-bond acceptors (Lipinski definition) is 5. The fraction of sp³-hybridized carbons (Fsp3) is 0.167. The Bertz CT molecular complexity index is 678. The Balaban J connectivity index is 2.31. The van der Waals surface area contributed by atoms with E-state index in [-0.39, 0.29) is 10.0 Å². The maximum Gasteiger partial charge on any atom is 0.351 e. The fourth-order valence-corrected chi connectivity index (χ4v) is 3.04. The highest BCUT2D eigenvalue weighted by Gasteiger charge is 2.18. The summed E-state index contributed by atoms with van der Waals surface area (Å²) in [6.07, 6.45) is 0. The summed E-state index contributed by atoms with van der Waals surface area (Å²) >= 11 is 10.0. The van der Waals surface area contributed by atoms with Gasteiger partial charge in [0, 0.05) is 5.69 Å². The van der Waals surface area contributed by atoms with Crippen molar-refractivity contribution in [3.8, 4) is 0 Å². The van der Waals surface area contributed by atoms with Gasteiger partial charge in [-0.3, -0.25) is 0 Å². The fourth-order valence-electron chi connectivity index (χ4n) is 1.47. The Kier molecular flexibility index (Phi) is 4.62. The molecule has 4 nitrogen and oxygen atoms in total. The van der Waals surface area contributed by atoms with E-state index in [1.54, 1.807) is 6.07 Å². The molecule has 0 bridgehead atoms. The molecule has 1 aromatic carbocycles. The third-order valence-electron chi connectivity index (χ3n) is 2.47. The number of thiazole rings is 1. The summed E-state index contributed by atoms with van der Waals surface area (Å²) in [5.41, 5.74) is 1.37. The molecule has 0 aliphatic rings. The molecule has 0 saturated carbocycles. The Morgan fingerprint density at radius 1 is 1.55 bits per heavy atom. The van der Waals surface area contributed by atoms with Gasteiger partial charge in [-0.2, -0.15) is 0 Å². The quantitative estimate of drug-likeness (QED) is 0.796. The van der Waals surface area contributed by atoms with Gasteiger partial charge in [-0.1, -0.05) is 22.9 Å². The van der Waals surface area contributed by atoms with Crippen molar-refractivity contribution in [2.75, 3.05) is 12.4 Å². The van der Waals surface area contributed by atoms with Gasteiger partial charge in [0.05, 0.1) is 11.6 Å². The number of ether oxygens (including phenoxy) is 1. The van der Waals surface area contributed by atoms with Gasteiger partial charge in [0.25, 0.3) is 0 Å². The predicted molar refractivity (Wildman–Crippen MR) is 80.6 cm³/mol. The number of hydrogen-bond donors (Lipinski definition) is 1. The first kappa shape index (κ1) is 15.2. The second kappa shape index (κ2) is 6.07. The summed E-state index contributed by atoms with van der Waals surface area (Å²) in [7, 11) is 1.26. The van der Waals surface area contributed by atoms with E-state index in [0.29, 0.717) is 15.3 Å². The van der Waals surface area contributed by atoms with E-state index in [2.05, 4.69) is 31.0 Å². The molecule has 0 aliphatic carbocycles. The van der Waals surface area contributed by atoms with Crippen LogP contribution in [0.2, 0.25) is 5.15 Å². The standard InChI is InChI=1S/C12H9BrClFN2O2S/c1-5-3-6(13)7(15)4-8(5)16-12-17-10(14)9(20-12)11(18)19-2/h3-4H,1-2H3,(H,16,17). The van der Waals surface area contributed by atoms with E-state index in [4.69, 9.17) is 11.6 Å². The first-order valence-corrected chi connectivity index (χ1v) is 7.38. The monoisotopic (exact) mass is 378 g/mol. The van der Waals surface area contributed by atoms with Crippen LogP contribution < -0.4 is 5.32 Å². The number of methoxy groups -OCH3 is 1. The summed E-state index contributed by atoms with van der Waals surface area (Å²) < 4.78 is 18.5. The molecular formula is C12H9BrClFN2O2S. The number of carbonyl (C=O) groups is 1. The zero-order chi connectivity index (χ0) is 14.9. The van der Waals surface area contributed by atoms with Gasteiger partial charge in [-0.15, -0.1) is 0 Å². The molecule has 0 radical (unpaired) electrons. The van der Waals surface area contributed by atoms with Crippen LogP contribution in [0.25, 0.3) is 0 Å². The Hall–Kier alpha value is -1.18. The third kappa shape index (κ3) is 3.11. The molecule has 1 aromatic heterocycles. The topological polar surface area (TPSA) is 51.2 Å². The number of nitrogens with zero attached hydrogens (tertiary/aromatic N) is 1. The third-order valence-corrected chi connectivity index (χ3v) is 4.41. The maximum absolute atomic E-state index is 13.5. The minimum Gasteiger partial charge on any atom is -0.465 e.